The molecule has 0 radical (unpaired) electrons. The van der Waals surface area contributed by atoms with Gasteiger partial charge in [0, 0.05) is 16.5 Å². The summed E-state index contributed by atoms with van der Waals surface area (Å²) >= 11 is 3.41. The summed E-state index contributed by atoms with van der Waals surface area (Å²) in [5, 5.41) is 0. The molecule has 6 heteroatoms. The quantitative estimate of drug-likeness (QED) is 0.673. The number of rotatable bonds is 4. The molecule has 2 N–H and O–H groups in total. The molecule has 0 saturated heterocycles. The molecule has 1 aromatic rings. The Labute approximate surface area is 107 Å². The second-order valence-corrected chi connectivity index (χ2v) is 4.37. The zero-order valence-electron chi connectivity index (χ0n) is 9.07. The van der Waals surface area contributed by atoms with Crippen LogP contribution >= 0.6 is 15.9 Å². The lowest BCUT2D eigenvalue weighted by Crippen LogP contribution is -2.19. The highest BCUT2D eigenvalue weighted by Gasteiger charge is 2.22. The fourth-order valence-electron chi connectivity index (χ4n) is 1.74. The minimum absolute atomic E-state index is 0.370. The van der Waals surface area contributed by atoms with Gasteiger partial charge in [-0.15, -0.1) is 0 Å². The van der Waals surface area contributed by atoms with E-state index in [9.17, 15) is 4.79 Å². The molecule has 92 valence electrons. The molecular weight excluding hydrogens is 290 g/mol. The van der Waals surface area contributed by atoms with E-state index in [1.54, 1.807) is 6.07 Å². The Bertz CT molecular complexity index is 436. The Hall–Kier alpha value is -1.11. The zero-order chi connectivity index (χ0) is 12.3. The van der Waals surface area contributed by atoms with Gasteiger partial charge < -0.3 is 14.3 Å². The highest BCUT2D eigenvalue weighted by atomic mass is 79.9. The van der Waals surface area contributed by atoms with Gasteiger partial charge in [-0.1, -0.05) is 15.9 Å². The minimum Gasteiger partial charge on any atom is -0.486 e. The lowest BCUT2D eigenvalue weighted by Gasteiger charge is -2.23. The Morgan fingerprint density at radius 2 is 2.12 bits per heavy atom. The van der Waals surface area contributed by atoms with Crippen LogP contribution in [-0.4, -0.2) is 26.1 Å². The van der Waals surface area contributed by atoms with Gasteiger partial charge in [0.25, 0.3) is 0 Å². The molecule has 5 nitrogen and oxygen atoms in total. The highest BCUT2D eigenvalue weighted by molar-refractivity contribution is 9.10. The summed E-state index contributed by atoms with van der Waals surface area (Å²) in [5.74, 6) is 6.12. The van der Waals surface area contributed by atoms with Gasteiger partial charge in [0.1, 0.15) is 13.2 Å². The number of fused-ring (bicyclic) bond motifs is 1. The SMILES string of the molecule is NOCCc1c(Br)cc(C=O)c2c1OCCO2. The number of hydrogen-bond acceptors (Lipinski definition) is 5. The van der Waals surface area contributed by atoms with Crippen LogP contribution in [0, 0.1) is 0 Å². The van der Waals surface area contributed by atoms with Crippen LogP contribution in [0.25, 0.3) is 0 Å². The topological polar surface area (TPSA) is 70.8 Å². The predicted molar refractivity (Wildman–Crippen MR) is 64.4 cm³/mol. The Kier molecular flexibility index (Phi) is 3.98. The summed E-state index contributed by atoms with van der Waals surface area (Å²) < 4.78 is 11.8. The van der Waals surface area contributed by atoms with Gasteiger partial charge in [-0.2, -0.15) is 0 Å². The predicted octanol–water partition coefficient (Wildman–Crippen LogP) is 1.47. The van der Waals surface area contributed by atoms with Crippen LogP contribution in [-0.2, 0) is 11.3 Å². The normalized spacial score (nSPS) is 13.5. The first-order valence-electron chi connectivity index (χ1n) is 5.15. The largest absolute Gasteiger partial charge is 0.486 e. The Morgan fingerprint density at radius 3 is 2.76 bits per heavy atom. The third kappa shape index (κ3) is 2.43. The van der Waals surface area contributed by atoms with Crippen LogP contribution in [0.3, 0.4) is 0 Å². The fraction of sp³-hybridized carbons (Fsp3) is 0.364. The molecule has 0 spiro atoms. The zero-order valence-corrected chi connectivity index (χ0v) is 10.7. The molecule has 0 aliphatic carbocycles. The maximum absolute atomic E-state index is 11.0. The van der Waals surface area contributed by atoms with E-state index in [0.29, 0.717) is 43.3 Å². The molecule has 0 atom stereocenters. The molecule has 0 bridgehead atoms. The Morgan fingerprint density at radius 1 is 1.41 bits per heavy atom. The van der Waals surface area contributed by atoms with Gasteiger partial charge in [0.15, 0.2) is 17.8 Å². The number of aldehydes is 1. The summed E-state index contributed by atoms with van der Waals surface area (Å²) in [5.41, 5.74) is 1.37. The van der Waals surface area contributed by atoms with Crippen molar-refractivity contribution in [2.75, 3.05) is 19.8 Å². The van der Waals surface area contributed by atoms with Gasteiger partial charge in [0.2, 0.25) is 0 Å². The first kappa shape index (κ1) is 12.3. The second-order valence-electron chi connectivity index (χ2n) is 3.52. The van der Waals surface area contributed by atoms with Crippen LogP contribution < -0.4 is 15.4 Å². The van der Waals surface area contributed by atoms with E-state index in [1.807, 2.05) is 0 Å². The van der Waals surface area contributed by atoms with Crippen LogP contribution in [0.15, 0.2) is 10.5 Å². The van der Waals surface area contributed by atoms with Gasteiger partial charge in [0.05, 0.1) is 12.2 Å². The molecule has 1 heterocycles. The molecule has 1 aliphatic rings. The van der Waals surface area contributed by atoms with Crippen molar-refractivity contribution >= 4 is 22.2 Å². The molecule has 2 rings (SSSR count). The summed E-state index contributed by atoms with van der Waals surface area (Å²) in [6.45, 7) is 1.29. The number of carbonyl (C=O) groups excluding carboxylic acids is 1. The number of nitrogens with two attached hydrogens (primary N) is 1. The minimum atomic E-state index is 0.370. The van der Waals surface area contributed by atoms with E-state index in [1.165, 1.54) is 0 Å². The average molecular weight is 302 g/mol. The summed E-state index contributed by atoms with van der Waals surface area (Å²) in [7, 11) is 0. The van der Waals surface area contributed by atoms with Crippen molar-refractivity contribution in [2.24, 2.45) is 5.90 Å². The maximum atomic E-state index is 11.0. The first-order chi connectivity index (χ1) is 8.27. The number of halogens is 1. The van der Waals surface area contributed by atoms with Crippen LogP contribution in [0.1, 0.15) is 15.9 Å². The van der Waals surface area contributed by atoms with E-state index in [4.69, 9.17) is 15.4 Å². The first-order valence-corrected chi connectivity index (χ1v) is 5.95. The second kappa shape index (κ2) is 5.48. The lowest BCUT2D eigenvalue weighted by atomic mass is 10.1. The van der Waals surface area contributed by atoms with E-state index in [0.717, 1.165) is 16.3 Å². The standard InChI is InChI=1S/C11H12BrNO4/c12-9-5-7(6-14)10-11(16-4-3-15-10)8(9)1-2-17-13/h5-6H,1-4,13H2. The molecule has 1 aromatic carbocycles. The monoisotopic (exact) mass is 301 g/mol. The van der Waals surface area contributed by atoms with Crippen LogP contribution in [0.4, 0.5) is 0 Å². The van der Waals surface area contributed by atoms with Crippen LogP contribution in [0.5, 0.6) is 11.5 Å². The van der Waals surface area contributed by atoms with Gasteiger partial charge >= 0.3 is 0 Å². The van der Waals surface area contributed by atoms with E-state index < -0.39 is 0 Å². The third-order valence-electron chi connectivity index (χ3n) is 2.49. The highest BCUT2D eigenvalue weighted by Crippen LogP contribution is 2.41. The molecule has 0 aromatic heterocycles. The van der Waals surface area contributed by atoms with Gasteiger partial charge in [-0.25, -0.2) is 5.90 Å². The molecule has 0 amide bonds. The molecule has 17 heavy (non-hydrogen) atoms. The third-order valence-corrected chi connectivity index (χ3v) is 3.19. The van der Waals surface area contributed by atoms with Crippen molar-refractivity contribution in [3.05, 3.63) is 21.7 Å². The van der Waals surface area contributed by atoms with Crippen molar-refractivity contribution in [1.29, 1.82) is 0 Å². The van der Waals surface area contributed by atoms with E-state index in [-0.39, 0.29) is 0 Å². The number of benzene rings is 1. The van der Waals surface area contributed by atoms with Gasteiger partial charge in [-0.3, -0.25) is 4.79 Å². The smallest absolute Gasteiger partial charge is 0.172 e. The lowest BCUT2D eigenvalue weighted by molar-refractivity contribution is 0.111. The molecule has 1 aliphatic heterocycles. The van der Waals surface area contributed by atoms with Gasteiger partial charge in [-0.05, 0) is 6.07 Å². The van der Waals surface area contributed by atoms with E-state index >= 15 is 0 Å². The Balaban J connectivity index is 2.47. The van der Waals surface area contributed by atoms with Crippen molar-refractivity contribution in [3.8, 4) is 11.5 Å². The fourth-order valence-corrected chi connectivity index (χ4v) is 2.36. The molecule has 0 saturated carbocycles. The summed E-state index contributed by atoms with van der Waals surface area (Å²) in [4.78, 5) is 15.5. The van der Waals surface area contributed by atoms with Crippen molar-refractivity contribution in [3.63, 3.8) is 0 Å². The van der Waals surface area contributed by atoms with Crippen molar-refractivity contribution < 1.29 is 19.1 Å². The number of carbonyl (C=O) groups is 1. The molecule has 0 unspecified atom stereocenters. The van der Waals surface area contributed by atoms with Crippen LogP contribution in [0.2, 0.25) is 0 Å². The molecule has 0 fully saturated rings. The van der Waals surface area contributed by atoms with Crippen molar-refractivity contribution in [2.45, 2.75) is 6.42 Å². The van der Waals surface area contributed by atoms with E-state index in [2.05, 4.69) is 20.8 Å². The summed E-state index contributed by atoms with van der Waals surface area (Å²) in [6, 6.07) is 1.71. The number of ether oxygens (including phenoxy) is 2. The van der Waals surface area contributed by atoms with Crippen molar-refractivity contribution in [1.82, 2.24) is 0 Å². The molecular formula is C11H12BrNO4. The summed E-state index contributed by atoms with van der Waals surface area (Å²) in [6.07, 6.45) is 1.34. The number of hydrogen-bond donors (Lipinski definition) is 1. The average Bonchev–Trinajstić information content (AvgIpc) is 2.37. The maximum Gasteiger partial charge on any atom is 0.172 e.